The number of carbonyl (C=O) groups is 3. The van der Waals surface area contributed by atoms with Crippen LogP contribution in [-0.4, -0.2) is 93.9 Å². The zero-order valence-electron chi connectivity index (χ0n) is 25.8. The van der Waals surface area contributed by atoms with Gasteiger partial charge in [0.05, 0.1) is 35.2 Å². The highest BCUT2D eigenvalue weighted by atomic mass is 35.5. The fourth-order valence-electron chi connectivity index (χ4n) is 5.45. The number of aromatic nitrogens is 4. The van der Waals surface area contributed by atoms with E-state index in [-0.39, 0.29) is 60.6 Å². The minimum absolute atomic E-state index is 0.00341. The molecule has 13 nitrogen and oxygen atoms in total. The van der Waals surface area contributed by atoms with E-state index in [0.29, 0.717) is 37.0 Å². The summed E-state index contributed by atoms with van der Waals surface area (Å²) in [5, 5.41) is 8.12. The number of anilines is 2. The van der Waals surface area contributed by atoms with Gasteiger partial charge in [0.15, 0.2) is 5.82 Å². The lowest BCUT2D eigenvalue weighted by Gasteiger charge is -2.36. The third-order valence-electron chi connectivity index (χ3n) is 7.81. The number of nitrogens with one attached hydrogen (secondary N) is 2. The molecule has 2 aromatic heterocycles. The SMILES string of the molecule is CCc1c(N2CCN(C(=O)C(=O)NCC(F)(F)F)CC2)c(=O)n2nc(C3=CCOCC3)nc2n1CC(=O)Nc1ccc(C(F)(F)F)cc1Cl. The van der Waals surface area contributed by atoms with Gasteiger partial charge in [-0.15, -0.1) is 5.10 Å². The Bertz CT molecular complexity index is 1860. The molecule has 49 heavy (non-hydrogen) atoms. The fourth-order valence-corrected chi connectivity index (χ4v) is 5.68. The van der Waals surface area contributed by atoms with Gasteiger partial charge in [-0.25, -0.2) is 0 Å². The fraction of sp³-hybridized carbons (Fsp3) is 0.448. The largest absolute Gasteiger partial charge is 0.416 e. The van der Waals surface area contributed by atoms with E-state index in [4.69, 9.17) is 16.3 Å². The summed E-state index contributed by atoms with van der Waals surface area (Å²) in [4.78, 5) is 59.2. The minimum Gasteiger partial charge on any atom is -0.377 e. The van der Waals surface area contributed by atoms with E-state index in [2.05, 4.69) is 15.4 Å². The number of carbonyl (C=O) groups excluding carboxylic acids is 3. The molecule has 0 unspecified atom stereocenters. The molecule has 3 aromatic rings. The predicted molar refractivity (Wildman–Crippen MR) is 163 cm³/mol. The van der Waals surface area contributed by atoms with Crippen LogP contribution in [0.1, 0.15) is 30.4 Å². The zero-order valence-corrected chi connectivity index (χ0v) is 26.5. The summed E-state index contributed by atoms with van der Waals surface area (Å²) in [6, 6.07) is 2.47. The number of hydrogen-bond donors (Lipinski definition) is 2. The Morgan fingerprint density at radius 2 is 1.78 bits per heavy atom. The van der Waals surface area contributed by atoms with Crippen molar-refractivity contribution >= 4 is 52.0 Å². The van der Waals surface area contributed by atoms with Crippen LogP contribution in [0, 0.1) is 0 Å². The zero-order chi connectivity index (χ0) is 35.7. The highest BCUT2D eigenvalue weighted by Gasteiger charge is 2.34. The van der Waals surface area contributed by atoms with Gasteiger partial charge in [0, 0.05) is 26.2 Å². The molecular formula is C29H29ClF6N8O5. The topological polar surface area (TPSA) is 143 Å². The predicted octanol–water partition coefficient (Wildman–Crippen LogP) is 2.90. The summed E-state index contributed by atoms with van der Waals surface area (Å²) >= 11 is 6.05. The number of piperazine rings is 1. The van der Waals surface area contributed by atoms with Crippen molar-refractivity contribution < 1.29 is 45.5 Å². The first kappa shape index (κ1) is 35.7. The molecule has 1 fully saturated rings. The van der Waals surface area contributed by atoms with E-state index in [1.807, 2.05) is 0 Å². The molecule has 0 spiro atoms. The summed E-state index contributed by atoms with van der Waals surface area (Å²) < 4.78 is 84.8. The van der Waals surface area contributed by atoms with Crippen molar-refractivity contribution in [3.8, 4) is 0 Å². The van der Waals surface area contributed by atoms with E-state index in [9.17, 15) is 45.5 Å². The first-order valence-electron chi connectivity index (χ1n) is 14.9. The van der Waals surface area contributed by atoms with E-state index >= 15 is 0 Å². The van der Waals surface area contributed by atoms with Crippen molar-refractivity contribution in [2.75, 3.05) is 56.2 Å². The minimum atomic E-state index is -4.70. The molecule has 1 saturated heterocycles. The van der Waals surface area contributed by atoms with Gasteiger partial charge in [-0.05, 0) is 36.6 Å². The van der Waals surface area contributed by atoms with Crippen molar-refractivity contribution in [1.82, 2.24) is 29.4 Å². The van der Waals surface area contributed by atoms with Crippen LogP contribution >= 0.6 is 11.6 Å². The molecule has 0 saturated carbocycles. The lowest BCUT2D eigenvalue weighted by atomic mass is 10.1. The van der Waals surface area contributed by atoms with Gasteiger partial charge in [-0.2, -0.15) is 35.8 Å². The molecule has 0 radical (unpaired) electrons. The van der Waals surface area contributed by atoms with Gasteiger partial charge in [0.2, 0.25) is 11.7 Å². The average Bonchev–Trinajstić information content (AvgIpc) is 3.51. The van der Waals surface area contributed by atoms with Crippen LogP contribution in [0.5, 0.6) is 0 Å². The number of fused-ring (bicyclic) bond motifs is 1. The second kappa shape index (κ2) is 14.1. The Morgan fingerprint density at radius 3 is 2.37 bits per heavy atom. The lowest BCUT2D eigenvalue weighted by Crippen LogP contribution is -2.54. The molecule has 264 valence electrons. The van der Waals surface area contributed by atoms with Crippen LogP contribution in [0.25, 0.3) is 11.4 Å². The van der Waals surface area contributed by atoms with Gasteiger partial charge < -0.3 is 29.7 Å². The second-order valence-corrected chi connectivity index (χ2v) is 11.5. The summed E-state index contributed by atoms with van der Waals surface area (Å²) in [7, 11) is 0. The van der Waals surface area contributed by atoms with Crippen LogP contribution in [0.4, 0.5) is 37.7 Å². The smallest absolute Gasteiger partial charge is 0.377 e. The maximum absolute atomic E-state index is 14.0. The normalized spacial score (nSPS) is 15.7. The maximum atomic E-state index is 14.0. The van der Waals surface area contributed by atoms with Crippen LogP contribution in [0.15, 0.2) is 29.1 Å². The standard InChI is InChI=1S/C29H29ClF6N8O5/c1-2-20-22(41-7-9-42(10-8-41)26(48)24(46)37-15-28(31,32)33)25(47)44-27(39-23(40-44)16-5-11-49-12-6-16)43(20)14-21(45)38-19-4-3-17(13-18(19)30)29(34,35)36/h3-5,13H,2,6-12,14-15H2,1H3,(H,37,46)(H,38,45). The lowest BCUT2D eigenvalue weighted by molar-refractivity contribution is -0.151. The first-order valence-corrected chi connectivity index (χ1v) is 15.3. The molecule has 0 atom stereocenters. The Morgan fingerprint density at radius 1 is 1.06 bits per heavy atom. The Kier molecular flexibility index (Phi) is 10.2. The van der Waals surface area contributed by atoms with Gasteiger partial charge in [0.25, 0.3) is 5.56 Å². The molecule has 20 heteroatoms. The van der Waals surface area contributed by atoms with Crippen LogP contribution in [-0.2, 0) is 38.3 Å². The highest BCUT2D eigenvalue weighted by Crippen LogP contribution is 2.34. The third-order valence-corrected chi connectivity index (χ3v) is 8.12. The van der Waals surface area contributed by atoms with Gasteiger partial charge in [-0.1, -0.05) is 24.6 Å². The number of alkyl halides is 6. The van der Waals surface area contributed by atoms with Gasteiger partial charge in [0.1, 0.15) is 18.8 Å². The molecule has 2 aliphatic heterocycles. The monoisotopic (exact) mass is 718 g/mol. The number of benzene rings is 1. The molecule has 5 rings (SSSR count). The van der Waals surface area contributed by atoms with Gasteiger partial charge in [-0.3, -0.25) is 19.2 Å². The molecule has 3 amide bonds. The number of halogens is 7. The van der Waals surface area contributed by atoms with Crippen LogP contribution < -0.4 is 21.1 Å². The third kappa shape index (κ3) is 7.98. The van der Waals surface area contributed by atoms with Crippen molar-refractivity contribution in [2.45, 2.75) is 38.7 Å². The molecule has 1 aromatic carbocycles. The van der Waals surface area contributed by atoms with Crippen molar-refractivity contribution in [2.24, 2.45) is 0 Å². The first-order chi connectivity index (χ1) is 23.1. The van der Waals surface area contributed by atoms with E-state index in [1.165, 1.54) is 4.57 Å². The summed E-state index contributed by atoms with van der Waals surface area (Å²) in [6.45, 7) is 0.0714. The number of hydrogen-bond acceptors (Lipinski definition) is 8. The maximum Gasteiger partial charge on any atom is 0.416 e. The highest BCUT2D eigenvalue weighted by molar-refractivity contribution is 6.35. The molecule has 2 aliphatic rings. The molecule has 0 bridgehead atoms. The van der Waals surface area contributed by atoms with E-state index in [1.54, 1.807) is 23.2 Å². The number of ether oxygens (including phenoxy) is 1. The van der Waals surface area contributed by atoms with E-state index in [0.717, 1.165) is 21.5 Å². The van der Waals surface area contributed by atoms with Crippen molar-refractivity contribution in [3.63, 3.8) is 0 Å². The second-order valence-electron chi connectivity index (χ2n) is 11.1. The molecular weight excluding hydrogens is 690 g/mol. The summed E-state index contributed by atoms with van der Waals surface area (Å²) in [5.74, 6) is -3.04. The Balaban J connectivity index is 1.47. The number of nitrogens with zero attached hydrogens (tertiary/aromatic N) is 6. The molecule has 0 aliphatic carbocycles. The number of amides is 3. The molecule has 4 heterocycles. The van der Waals surface area contributed by atoms with E-state index < -0.39 is 54.3 Å². The van der Waals surface area contributed by atoms with Crippen molar-refractivity contribution in [1.29, 1.82) is 0 Å². The summed E-state index contributed by atoms with van der Waals surface area (Å²) in [5.41, 5.74) is -0.516. The van der Waals surface area contributed by atoms with Crippen LogP contribution in [0.2, 0.25) is 5.02 Å². The quantitative estimate of drug-likeness (QED) is 0.281. The number of rotatable bonds is 7. The summed E-state index contributed by atoms with van der Waals surface area (Å²) in [6.07, 6.45) is -6.95. The molecule has 2 N–H and O–H groups in total. The van der Waals surface area contributed by atoms with Crippen molar-refractivity contribution in [3.05, 3.63) is 56.7 Å². The average molecular weight is 719 g/mol. The Labute approximate surface area is 278 Å². The van der Waals surface area contributed by atoms with Gasteiger partial charge >= 0.3 is 24.2 Å². The van der Waals surface area contributed by atoms with Crippen LogP contribution in [0.3, 0.4) is 0 Å². The Hall–Kier alpha value is -4.65.